The molecule has 1 aromatic carbocycles. The van der Waals surface area contributed by atoms with Crippen LogP contribution in [0.3, 0.4) is 0 Å². The Bertz CT molecular complexity index is 1050. The smallest absolute Gasteiger partial charge is 0.373 e. The quantitative estimate of drug-likeness (QED) is 0.376. The third kappa shape index (κ3) is 5.54. The van der Waals surface area contributed by atoms with E-state index in [0.29, 0.717) is 11.3 Å². The molecule has 1 aliphatic rings. The van der Waals surface area contributed by atoms with E-state index in [-0.39, 0.29) is 36.5 Å². The zero-order chi connectivity index (χ0) is 23.3. The van der Waals surface area contributed by atoms with E-state index in [9.17, 15) is 19.2 Å². The lowest BCUT2D eigenvalue weighted by atomic mass is 10.2. The van der Waals surface area contributed by atoms with E-state index in [1.807, 2.05) is 0 Å². The molecule has 2 heterocycles. The summed E-state index contributed by atoms with van der Waals surface area (Å²) in [5.41, 5.74) is 0.725. The van der Waals surface area contributed by atoms with Crippen molar-refractivity contribution >= 4 is 30.0 Å². The summed E-state index contributed by atoms with van der Waals surface area (Å²) in [4.78, 5) is 48.8. The molecular formula is C22H22N2O8. The Labute approximate surface area is 183 Å². The number of ether oxygens (including phenoxy) is 3. The summed E-state index contributed by atoms with van der Waals surface area (Å²) in [6.07, 6.45) is 1.29. The number of hydrogen-bond acceptors (Lipinski definition) is 8. The first-order chi connectivity index (χ1) is 15.3. The van der Waals surface area contributed by atoms with E-state index in [0.717, 1.165) is 4.90 Å². The molecule has 0 atom stereocenters. The van der Waals surface area contributed by atoms with Gasteiger partial charge in [0.25, 0.3) is 5.91 Å². The van der Waals surface area contributed by atoms with Crippen LogP contribution in [-0.4, -0.2) is 48.6 Å². The molecule has 10 nitrogen and oxygen atoms in total. The molecule has 0 saturated carbocycles. The summed E-state index contributed by atoms with van der Waals surface area (Å²) >= 11 is 0. The normalized spacial score (nSPS) is 14.6. The van der Waals surface area contributed by atoms with Crippen molar-refractivity contribution in [2.75, 3.05) is 13.7 Å². The van der Waals surface area contributed by atoms with Crippen LogP contribution in [0.2, 0.25) is 0 Å². The Kier molecular flexibility index (Phi) is 6.93. The van der Waals surface area contributed by atoms with Gasteiger partial charge >= 0.3 is 18.0 Å². The number of rotatable bonds is 8. The van der Waals surface area contributed by atoms with Gasteiger partial charge in [-0.1, -0.05) is 12.1 Å². The minimum atomic E-state index is -0.654. The minimum absolute atomic E-state index is 0.0231. The highest BCUT2D eigenvalue weighted by Gasteiger charge is 2.34. The largest absolute Gasteiger partial charge is 0.482 e. The Morgan fingerprint density at radius 2 is 1.84 bits per heavy atom. The third-order valence-electron chi connectivity index (χ3n) is 4.24. The van der Waals surface area contributed by atoms with Crippen molar-refractivity contribution in [1.82, 2.24) is 10.2 Å². The summed E-state index contributed by atoms with van der Waals surface area (Å²) in [6.45, 7) is 3.14. The molecule has 2 aromatic rings. The molecule has 3 rings (SSSR count). The first-order valence-electron chi connectivity index (χ1n) is 9.70. The van der Waals surface area contributed by atoms with E-state index >= 15 is 0 Å². The first kappa shape index (κ1) is 22.6. The van der Waals surface area contributed by atoms with E-state index in [2.05, 4.69) is 10.1 Å². The number of imide groups is 1. The molecule has 32 heavy (non-hydrogen) atoms. The number of hydrogen-bond donors (Lipinski definition) is 1. The summed E-state index contributed by atoms with van der Waals surface area (Å²) in [5.74, 6) is -0.977. The number of nitrogens with one attached hydrogen (secondary N) is 1. The molecule has 0 bridgehead atoms. The topological polar surface area (TPSA) is 124 Å². The summed E-state index contributed by atoms with van der Waals surface area (Å²) in [5, 5.41) is 2.51. The fraction of sp³-hybridized carbons (Fsp3) is 0.273. The van der Waals surface area contributed by atoms with Gasteiger partial charge in [-0.3, -0.25) is 9.69 Å². The molecule has 0 radical (unpaired) electrons. The molecule has 0 aliphatic carbocycles. The summed E-state index contributed by atoms with van der Waals surface area (Å²) < 4.78 is 20.2. The minimum Gasteiger partial charge on any atom is -0.482 e. The van der Waals surface area contributed by atoms with E-state index in [1.165, 1.54) is 25.3 Å². The highest BCUT2D eigenvalue weighted by atomic mass is 16.6. The van der Waals surface area contributed by atoms with Crippen molar-refractivity contribution in [1.29, 1.82) is 0 Å². The van der Waals surface area contributed by atoms with Gasteiger partial charge in [0.2, 0.25) is 5.76 Å². The predicted octanol–water partition coefficient (Wildman–Crippen LogP) is 2.49. The van der Waals surface area contributed by atoms with Gasteiger partial charge in [-0.25, -0.2) is 14.4 Å². The average Bonchev–Trinajstić information content (AvgIpc) is 3.33. The zero-order valence-corrected chi connectivity index (χ0v) is 17.7. The number of benzene rings is 1. The molecule has 1 aromatic heterocycles. The maximum atomic E-state index is 12.6. The second kappa shape index (κ2) is 9.82. The van der Waals surface area contributed by atoms with Crippen LogP contribution in [0.1, 0.15) is 35.7 Å². The van der Waals surface area contributed by atoms with Crippen LogP contribution in [0.5, 0.6) is 5.75 Å². The lowest BCUT2D eigenvalue weighted by Crippen LogP contribution is -2.30. The number of methoxy groups -OCH3 is 1. The molecule has 0 spiro atoms. The van der Waals surface area contributed by atoms with Crippen LogP contribution >= 0.6 is 0 Å². The van der Waals surface area contributed by atoms with Crippen molar-refractivity contribution < 1.29 is 37.8 Å². The zero-order valence-electron chi connectivity index (χ0n) is 17.7. The Balaban J connectivity index is 1.62. The Hall–Kier alpha value is -4.08. The van der Waals surface area contributed by atoms with Gasteiger partial charge in [0.1, 0.15) is 17.2 Å². The number of furan rings is 1. The van der Waals surface area contributed by atoms with Crippen LogP contribution in [0, 0.1) is 0 Å². The highest BCUT2D eigenvalue weighted by molar-refractivity contribution is 6.13. The van der Waals surface area contributed by atoms with Crippen molar-refractivity contribution in [2.45, 2.75) is 26.5 Å². The fourth-order valence-corrected chi connectivity index (χ4v) is 2.81. The summed E-state index contributed by atoms with van der Waals surface area (Å²) in [7, 11) is 1.22. The van der Waals surface area contributed by atoms with Crippen molar-refractivity contribution in [3.05, 3.63) is 59.2 Å². The van der Waals surface area contributed by atoms with Crippen molar-refractivity contribution in [3.63, 3.8) is 0 Å². The van der Waals surface area contributed by atoms with Gasteiger partial charge < -0.3 is 23.9 Å². The first-order valence-corrected chi connectivity index (χ1v) is 9.70. The molecule has 3 amide bonds. The number of urea groups is 1. The molecule has 1 fully saturated rings. The van der Waals surface area contributed by atoms with Crippen LogP contribution in [-0.2, 0) is 25.6 Å². The standard InChI is InChI=1S/C22H22N2O8/c1-13(2)31-19(25)12-30-15-6-4-14(5-7-15)10-17-20(26)24(22(28)23-17)11-16-8-9-18(32-16)21(27)29-3/h4-10,13H,11-12H2,1-3H3,(H,23,28)/b17-10-. The second-order valence-electron chi connectivity index (χ2n) is 7.03. The van der Waals surface area contributed by atoms with Gasteiger partial charge in [0.15, 0.2) is 6.61 Å². The monoisotopic (exact) mass is 442 g/mol. The number of amides is 3. The van der Waals surface area contributed by atoms with Gasteiger partial charge in [-0.05, 0) is 49.8 Å². The second-order valence-corrected chi connectivity index (χ2v) is 7.03. The maximum absolute atomic E-state index is 12.6. The van der Waals surface area contributed by atoms with E-state index in [1.54, 1.807) is 38.1 Å². The number of nitrogens with zero attached hydrogens (tertiary/aromatic N) is 1. The van der Waals surface area contributed by atoms with Crippen molar-refractivity contribution in [3.8, 4) is 5.75 Å². The Morgan fingerprint density at radius 3 is 2.50 bits per heavy atom. The molecule has 0 unspecified atom stereocenters. The lowest BCUT2D eigenvalue weighted by molar-refractivity contribution is -0.149. The van der Waals surface area contributed by atoms with Crippen LogP contribution in [0.4, 0.5) is 4.79 Å². The van der Waals surface area contributed by atoms with E-state index in [4.69, 9.17) is 13.9 Å². The lowest BCUT2D eigenvalue weighted by Gasteiger charge is -2.09. The molecular weight excluding hydrogens is 420 g/mol. The van der Waals surface area contributed by atoms with Crippen LogP contribution in [0.25, 0.3) is 6.08 Å². The van der Waals surface area contributed by atoms with Crippen LogP contribution in [0.15, 0.2) is 46.5 Å². The molecule has 10 heteroatoms. The SMILES string of the molecule is COC(=O)c1ccc(CN2C(=O)N/C(=C\c3ccc(OCC(=O)OC(C)C)cc3)C2=O)o1. The molecule has 1 aliphatic heterocycles. The summed E-state index contributed by atoms with van der Waals surface area (Å²) in [6, 6.07) is 8.89. The maximum Gasteiger partial charge on any atom is 0.373 e. The molecule has 168 valence electrons. The third-order valence-corrected chi connectivity index (χ3v) is 4.24. The van der Waals surface area contributed by atoms with Crippen LogP contribution < -0.4 is 10.1 Å². The fourth-order valence-electron chi connectivity index (χ4n) is 2.81. The van der Waals surface area contributed by atoms with Gasteiger partial charge in [0.05, 0.1) is 19.8 Å². The van der Waals surface area contributed by atoms with Gasteiger partial charge in [0, 0.05) is 0 Å². The van der Waals surface area contributed by atoms with Gasteiger partial charge in [-0.15, -0.1) is 0 Å². The van der Waals surface area contributed by atoms with Crippen molar-refractivity contribution in [2.24, 2.45) is 0 Å². The molecule has 1 saturated heterocycles. The highest BCUT2D eigenvalue weighted by Crippen LogP contribution is 2.20. The average molecular weight is 442 g/mol. The Morgan fingerprint density at radius 1 is 1.12 bits per heavy atom. The predicted molar refractivity (Wildman–Crippen MR) is 110 cm³/mol. The number of carbonyl (C=O) groups excluding carboxylic acids is 4. The van der Waals surface area contributed by atoms with E-state index < -0.39 is 23.9 Å². The van der Waals surface area contributed by atoms with Gasteiger partial charge in [-0.2, -0.15) is 0 Å². The number of carbonyl (C=O) groups is 4. The number of esters is 2. The molecule has 1 N–H and O–H groups in total.